The number of halogens is 3. The molecule has 0 aliphatic rings. The van der Waals surface area contributed by atoms with E-state index in [0.29, 0.717) is 16.1 Å². The number of hydrogen-bond acceptors (Lipinski definition) is 2. The fraction of sp³-hybridized carbons (Fsp3) is 0.133. The Hall–Kier alpha value is -1.58. The number of carbonyl (C=O) groups excluding carboxylic acids is 1. The van der Waals surface area contributed by atoms with Crippen LogP contribution in [-0.2, 0) is 4.74 Å². The van der Waals surface area contributed by atoms with E-state index < -0.39 is 11.8 Å². The average Bonchev–Trinajstić information content (AvgIpc) is 2.42. The van der Waals surface area contributed by atoms with E-state index in [1.807, 2.05) is 0 Å². The molecule has 0 saturated carbocycles. The molecule has 0 aromatic heterocycles. The van der Waals surface area contributed by atoms with Crippen molar-refractivity contribution in [1.82, 2.24) is 0 Å². The molecule has 0 spiro atoms. The van der Waals surface area contributed by atoms with Crippen LogP contribution in [0.1, 0.15) is 17.3 Å². The standard InChI is InChI=1S/C15H11Cl2FO2/c1-2-20-15(19)13-9(5-4-8-12(13)18)10-6-3-7-11(16)14(10)17/h3-8H,2H2,1H3. The van der Waals surface area contributed by atoms with E-state index in [1.165, 1.54) is 12.1 Å². The Morgan fingerprint density at radius 3 is 2.50 bits per heavy atom. The van der Waals surface area contributed by atoms with Crippen molar-refractivity contribution in [2.45, 2.75) is 6.92 Å². The molecular weight excluding hydrogens is 302 g/mol. The summed E-state index contributed by atoms with van der Waals surface area (Å²) >= 11 is 12.1. The minimum absolute atomic E-state index is 0.140. The highest BCUT2D eigenvalue weighted by Gasteiger charge is 2.20. The summed E-state index contributed by atoms with van der Waals surface area (Å²) in [6, 6.07) is 9.29. The van der Waals surface area contributed by atoms with E-state index in [9.17, 15) is 9.18 Å². The normalized spacial score (nSPS) is 10.4. The molecule has 0 heterocycles. The van der Waals surface area contributed by atoms with Crippen LogP contribution in [0, 0.1) is 5.82 Å². The minimum atomic E-state index is -0.725. The first-order valence-corrected chi connectivity index (χ1v) is 6.71. The lowest BCUT2D eigenvalue weighted by molar-refractivity contribution is 0.0522. The zero-order chi connectivity index (χ0) is 14.7. The molecule has 0 aliphatic carbocycles. The van der Waals surface area contributed by atoms with Crippen molar-refractivity contribution in [2.24, 2.45) is 0 Å². The zero-order valence-corrected chi connectivity index (χ0v) is 12.1. The summed E-state index contributed by atoms with van der Waals surface area (Å²) in [5, 5.41) is 0.605. The van der Waals surface area contributed by atoms with E-state index in [2.05, 4.69) is 0 Å². The quantitative estimate of drug-likeness (QED) is 0.747. The maximum Gasteiger partial charge on any atom is 0.341 e. The summed E-state index contributed by atoms with van der Waals surface area (Å²) in [4.78, 5) is 11.9. The topological polar surface area (TPSA) is 26.3 Å². The first-order chi connectivity index (χ1) is 9.56. The summed E-state index contributed by atoms with van der Waals surface area (Å²) in [6.45, 7) is 1.82. The molecule has 0 aliphatic heterocycles. The third-order valence-electron chi connectivity index (χ3n) is 2.73. The van der Waals surface area contributed by atoms with Crippen LogP contribution in [0.3, 0.4) is 0 Å². The summed E-state index contributed by atoms with van der Waals surface area (Å²) in [6.07, 6.45) is 0. The molecule has 2 aromatic rings. The van der Waals surface area contributed by atoms with Crippen LogP contribution in [0.25, 0.3) is 11.1 Å². The molecule has 0 saturated heterocycles. The molecule has 0 unspecified atom stereocenters. The van der Waals surface area contributed by atoms with Gasteiger partial charge in [0.2, 0.25) is 0 Å². The maximum absolute atomic E-state index is 14.0. The van der Waals surface area contributed by atoms with Gasteiger partial charge in [0.15, 0.2) is 0 Å². The van der Waals surface area contributed by atoms with Crippen LogP contribution >= 0.6 is 23.2 Å². The highest BCUT2D eigenvalue weighted by Crippen LogP contribution is 2.36. The Labute approximate surface area is 126 Å². The number of hydrogen-bond donors (Lipinski definition) is 0. The first-order valence-electron chi connectivity index (χ1n) is 5.96. The first kappa shape index (κ1) is 14.8. The molecule has 104 valence electrons. The number of esters is 1. The number of carbonyl (C=O) groups is 1. The summed E-state index contributed by atoms with van der Waals surface area (Å²) in [7, 11) is 0. The van der Waals surface area contributed by atoms with Gasteiger partial charge < -0.3 is 4.74 Å². The molecule has 0 amide bonds. The van der Waals surface area contributed by atoms with Gasteiger partial charge >= 0.3 is 5.97 Å². The molecule has 2 rings (SSSR count). The third-order valence-corrected chi connectivity index (χ3v) is 3.55. The molecule has 5 heteroatoms. The lowest BCUT2D eigenvalue weighted by Crippen LogP contribution is -2.09. The Kier molecular flexibility index (Phi) is 4.63. The van der Waals surface area contributed by atoms with Gasteiger partial charge in [-0.3, -0.25) is 0 Å². The fourth-order valence-corrected chi connectivity index (χ4v) is 2.27. The van der Waals surface area contributed by atoms with Crippen molar-refractivity contribution in [1.29, 1.82) is 0 Å². The van der Waals surface area contributed by atoms with Gasteiger partial charge in [-0.15, -0.1) is 0 Å². The molecule has 2 aromatic carbocycles. The Balaban J connectivity index is 2.65. The minimum Gasteiger partial charge on any atom is -0.462 e. The van der Waals surface area contributed by atoms with Crippen molar-refractivity contribution in [3.63, 3.8) is 0 Å². The molecule has 0 N–H and O–H groups in total. The van der Waals surface area contributed by atoms with Crippen molar-refractivity contribution < 1.29 is 13.9 Å². The fourth-order valence-electron chi connectivity index (χ4n) is 1.87. The van der Waals surface area contributed by atoms with Crippen LogP contribution in [0.4, 0.5) is 4.39 Å². The van der Waals surface area contributed by atoms with E-state index in [1.54, 1.807) is 31.2 Å². The predicted molar refractivity (Wildman–Crippen MR) is 77.8 cm³/mol. The molecule has 20 heavy (non-hydrogen) atoms. The zero-order valence-electron chi connectivity index (χ0n) is 10.6. The monoisotopic (exact) mass is 312 g/mol. The lowest BCUT2D eigenvalue weighted by Gasteiger charge is -2.12. The van der Waals surface area contributed by atoms with Crippen LogP contribution in [0.15, 0.2) is 36.4 Å². The Morgan fingerprint density at radius 2 is 1.80 bits per heavy atom. The van der Waals surface area contributed by atoms with E-state index in [0.717, 1.165) is 0 Å². The highest BCUT2D eigenvalue weighted by atomic mass is 35.5. The van der Waals surface area contributed by atoms with Crippen LogP contribution < -0.4 is 0 Å². The molecule has 0 bridgehead atoms. The molecule has 0 atom stereocenters. The lowest BCUT2D eigenvalue weighted by atomic mass is 9.99. The summed E-state index contributed by atoms with van der Waals surface area (Å²) < 4.78 is 18.9. The third kappa shape index (κ3) is 2.79. The maximum atomic E-state index is 14.0. The van der Waals surface area contributed by atoms with E-state index in [-0.39, 0.29) is 17.2 Å². The van der Waals surface area contributed by atoms with Gasteiger partial charge in [0.25, 0.3) is 0 Å². The molecule has 2 nitrogen and oxygen atoms in total. The van der Waals surface area contributed by atoms with Crippen molar-refractivity contribution >= 4 is 29.2 Å². The van der Waals surface area contributed by atoms with Gasteiger partial charge in [0, 0.05) is 11.1 Å². The van der Waals surface area contributed by atoms with Crippen molar-refractivity contribution in [2.75, 3.05) is 6.61 Å². The van der Waals surface area contributed by atoms with E-state index in [4.69, 9.17) is 27.9 Å². The van der Waals surface area contributed by atoms with Crippen molar-refractivity contribution in [3.05, 3.63) is 57.8 Å². The van der Waals surface area contributed by atoms with Crippen LogP contribution in [0.2, 0.25) is 10.0 Å². The SMILES string of the molecule is CCOC(=O)c1c(F)cccc1-c1cccc(Cl)c1Cl. The smallest absolute Gasteiger partial charge is 0.341 e. The van der Waals surface area contributed by atoms with Crippen molar-refractivity contribution in [3.8, 4) is 11.1 Å². The number of benzene rings is 2. The largest absolute Gasteiger partial charge is 0.462 e. The van der Waals surface area contributed by atoms with Gasteiger partial charge in [0.1, 0.15) is 11.4 Å². The Morgan fingerprint density at radius 1 is 1.15 bits per heavy atom. The van der Waals surface area contributed by atoms with Gasteiger partial charge in [-0.25, -0.2) is 9.18 Å². The van der Waals surface area contributed by atoms with Crippen LogP contribution in [-0.4, -0.2) is 12.6 Å². The second-order valence-electron chi connectivity index (χ2n) is 3.98. The summed E-state index contributed by atoms with van der Waals surface area (Å²) in [5.74, 6) is -1.38. The van der Waals surface area contributed by atoms with Gasteiger partial charge in [-0.05, 0) is 19.1 Å². The van der Waals surface area contributed by atoms with Gasteiger partial charge in [-0.2, -0.15) is 0 Å². The van der Waals surface area contributed by atoms with Crippen LogP contribution in [0.5, 0.6) is 0 Å². The van der Waals surface area contributed by atoms with Gasteiger partial charge in [-0.1, -0.05) is 47.5 Å². The summed E-state index contributed by atoms with van der Waals surface area (Å²) in [5.41, 5.74) is 0.705. The number of ether oxygens (including phenoxy) is 1. The highest BCUT2D eigenvalue weighted by molar-refractivity contribution is 6.43. The molecule has 0 radical (unpaired) electrons. The molecule has 0 fully saturated rings. The van der Waals surface area contributed by atoms with E-state index >= 15 is 0 Å². The molecular formula is C15H11Cl2FO2. The Bertz CT molecular complexity index is 656. The number of rotatable bonds is 3. The second-order valence-corrected chi connectivity index (χ2v) is 4.77. The second kappa shape index (κ2) is 6.25. The van der Waals surface area contributed by atoms with Gasteiger partial charge in [0.05, 0.1) is 16.7 Å². The predicted octanol–water partition coefficient (Wildman–Crippen LogP) is 4.98. The average molecular weight is 313 g/mol.